The zero-order valence-electron chi connectivity index (χ0n) is 15.2. The number of benzene rings is 2. The lowest BCUT2D eigenvalue weighted by atomic mass is 9.90. The van der Waals surface area contributed by atoms with Crippen LogP contribution in [0.15, 0.2) is 42.5 Å². The van der Waals surface area contributed by atoms with Gasteiger partial charge in [-0.1, -0.05) is 12.1 Å². The molecule has 0 aliphatic rings. The van der Waals surface area contributed by atoms with Gasteiger partial charge in [0.1, 0.15) is 11.2 Å². The largest absolute Gasteiger partial charge is 0.495 e. The number of amides is 2. The van der Waals surface area contributed by atoms with E-state index in [-0.39, 0.29) is 0 Å². The maximum atomic E-state index is 12.7. The van der Waals surface area contributed by atoms with Gasteiger partial charge in [0.15, 0.2) is 0 Å². The third-order valence-corrected chi connectivity index (χ3v) is 3.99. The Morgan fingerprint density at radius 3 is 2.42 bits per heavy atom. The molecule has 6 nitrogen and oxygen atoms in total. The van der Waals surface area contributed by atoms with Crippen LogP contribution in [0.1, 0.15) is 25.0 Å². The molecule has 0 saturated heterocycles. The molecule has 0 aliphatic heterocycles. The molecule has 0 bridgehead atoms. The van der Waals surface area contributed by atoms with E-state index in [2.05, 4.69) is 10.6 Å². The molecule has 0 spiro atoms. The monoisotopic (exact) mass is 351 g/mol. The molecule has 134 valence electrons. The van der Waals surface area contributed by atoms with Crippen molar-refractivity contribution >= 4 is 23.2 Å². The molecule has 6 heteroatoms. The van der Waals surface area contributed by atoms with Crippen LogP contribution in [-0.2, 0) is 9.59 Å². The highest BCUT2D eigenvalue weighted by Gasteiger charge is 2.36. The number of carbonyl (C=O) groups excluding carboxylic acids is 2. The molecular formula is C20H21N3O3. The number of ether oxygens (including phenoxy) is 1. The van der Waals surface area contributed by atoms with Crippen LogP contribution in [-0.4, -0.2) is 18.9 Å². The summed E-state index contributed by atoms with van der Waals surface area (Å²) in [5.74, 6) is -0.422. The van der Waals surface area contributed by atoms with Crippen molar-refractivity contribution in [3.63, 3.8) is 0 Å². The van der Waals surface area contributed by atoms with Gasteiger partial charge in [-0.25, -0.2) is 0 Å². The van der Waals surface area contributed by atoms with Gasteiger partial charge in [-0.05, 0) is 56.7 Å². The minimum absolute atomic E-state index is 0.426. The summed E-state index contributed by atoms with van der Waals surface area (Å²) in [6.07, 6.45) is 0. The molecule has 2 N–H and O–H groups in total. The maximum absolute atomic E-state index is 12.7. The second-order valence-corrected chi connectivity index (χ2v) is 6.43. The van der Waals surface area contributed by atoms with Crippen LogP contribution in [0.3, 0.4) is 0 Å². The summed E-state index contributed by atoms with van der Waals surface area (Å²) < 4.78 is 5.25. The fraction of sp³-hybridized carbons (Fsp3) is 0.250. The van der Waals surface area contributed by atoms with Crippen molar-refractivity contribution in [2.24, 2.45) is 5.41 Å². The van der Waals surface area contributed by atoms with E-state index >= 15 is 0 Å². The van der Waals surface area contributed by atoms with E-state index in [0.717, 1.165) is 5.56 Å². The maximum Gasteiger partial charge on any atom is 0.239 e. The van der Waals surface area contributed by atoms with Gasteiger partial charge in [-0.3, -0.25) is 9.59 Å². The lowest BCUT2D eigenvalue weighted by molar-refractivity contribution is -0.135. The van der Waals surface area contributed by atoms with Gasteiger partial charge in [0.2, 0.25) is 11.8 Å². The molecule has 0 radical (unpaired) electrons. The Balaban J connectivity index is 2.17. The minimum atomic E-state index is -1.34. The van der Waals surface area contributed by atoms with Crippen molar-refractivity contribution in [1.82, 2.24) is 0 Å². The van der Waals surface area contributed by atoms with Crippen molar-refractivity contribution in [2.45, 2.75) is 20.8 Å². The lowest BCUT2D eigenvalue weighted by Crippen LogP contribution is -2.41. The van der Waals surface area contributed by atoms with Crippen LogP contribution in [0.2, 0.25) is 0 Å². The molecule has 2 rings (SSSR count). The molecular weight excluding hydrogens is 330 g/mol. The Hall–Kier alpha value is -3.33. The highest BCUT2D eigenvalue weighted by atomic mass is 16.5. The van der Waals surface area contributed by atoms with Crippen molar-refractivity contribution in [2.75, 3.05) is 17.7 Å². The highest BCUT2D eigenvalue weighted by molar-refractivity contribution is 6.14. The third-order valence-electron chi connectivity index (χ3n) is 3.99. The van der Waals surface area contributed by atoms with Crippen molar-refractivity contribution in [1.29, 1.82) is 5.26 Å². The van der Waals surface area contributed by atoms with Crippen LogP contribution < -0.4 is 15.4 Å². The summed E-state index contributed by atoms with van der Waals surface area (Å²) in [6.45, 7) is 4.97. The molecule has 2 aromatic carbocycles. The number of anilines is 2. The van der Waals surface area contributed by atoms with E-state index in [1.165, 1.54) is 21.0 Å². The van der Waals surface area contributed by atoms with Crippen LogP contribution in [0, 0.1) is 23.7 Å². The average Bonchev–Trinajstić information content (AvgIpc) is 2.62. The fourth-order valence-electron chi connectivity index (χ4n) is 2.26. The molecule has 0 atom stereocenters. The first-order chi connectivity index (χ1) is 12.3. The molecule has 2 amide bonds. The number of hydrogen-bond acceptors (Lipinski definition) is 4. The van der Waals surface area contributed by atoms with Gasteiger partial charge in [0.25, 0.3) is 0 Å². The summed E-state index contributed by atoms with van der Waals surface area (Å²) in [7, 11) is 1.51. The van der Waals surface area contributed by atoms with Gasteiger partial charge in [-0.2, -0.15) is 5.26 Å². The van der Waals surface area contributed by atoms with Gasteiger partial charge in [-0.15, -0.1) is 0 Å². The number of carbonyl (C=O) groups is 2. The van der Waals surface area contributed by atoms with Gasteiger partial charge in [0, 0.05) is 5.69 Å². The summed E-state index contributed by atoms with van der Waals surface area (Å²) in [5, 5.41) is 14.4. The second-order valence-electron chi connectivity index (χ2n) is 6.43. The van der Waals surface area contributed by atoms with Crippen LogP contribution >= 0.6 is 0 Å². The third kappa shape index (κ3) is 4.19. The van der Waals surface area contributed by atoms with Crippen molar-refractivity contribution < 1.29 is 14.3 Å². The first kappa shape index (κ1) is 19.0. The predicted molar refractivity (Wildman–Crippen MR) is 99.9 cm³/mol. The Bertz CT molecular complexity index is 882. The topological polar surface area (TPSA) is 91.2 Å². The number of aryl methyl sites for hydroxylation is 1. The smallest absolute Gasteiger partial charge is 0.239 e. The molecule has 0 fully saturated rings. The van der Waals surface area contributed by atoms with E-state index in [9.17, 15) is 9.59 Å². The molecule has 0 heterocycles. The first-order valence-corrected chi connectivity index (χ1v) is 8.05. The molecule has 0 aromatic heterocycles. The number of rotatable bonds is 5. The first-order valence-electron chi connectivity index (χ1n) is 8.05. The fourth-order valence-corrected chi connectivity index (χ4v) is 2.26. The summed E-state index contributed by atoms with van der Waals surface area (Å²) >= 11 is 0. The van der Waals surface area contributed by atoms with Gasteiger partial charge >= 0.3 is 0 Å². The number of methoxy groups -OCH3 is 1. The molecule has 0 aliphatic carbocycles. The van der Waals surface area contributed by atoms with Crippen LogP contribution in [0.4, 0.5) is 11.4 Å². The zero-order valence-corrected chi connectivity index (χ0v) is 15.2. The van der Waals surface area contributed by atoms with E-state index in [0.29, 0.717) is 22.7 Å². The van der Waals surface area contributed by atoms with Crippen LogP contribution in [0.25, 0.3) is 0 Å². The van der Waals surface area contributed by atoms with E-state index in [1.807, 2.05) is 19.1 Å². The summed E-state index contributed by atoms with van der Waals surface area (Å²) in [5.41, 5.74) is 1.01. The van der Waals surface area contributed by atoms with E-state index < -0.39 is 17.2 Å². The van der Waals surface area contributed by atoms with E-state index in [4.69, 9.17) is 10.00 Å². The number of nitrogens with zero attached hydrogens (tertiary/aromatic N) is 1. The standard InChI is InChI=1S/C20H21N3O3/c1-13-8-9-17(26-4)16(10-13)23-19(25)20(2,3)18(24)22-15-7-5-6-14(11-15)12-21/h5-11H,1-4H3,(H,22,24)(H,23,25). The Labute approximate surface area is 152 Å². The Morgan fingerprint density at radius 1 is 1.08 bits per heavy atom. The molecule has 0 unspecified atom stereocenters. The van der Waals surface area contributed by atoms with Crippen molar-refractivity contribution in [3.8, 4) is 11.8 Å². The Morgan fingerprint density at radius 2 is 1.77 bits per heavy atom. The normalized spacial score (nSPS) is 10.6. The summed E-state index contributed by atoms with van der Waals surface area (Å²) in [6, 6.07) is 13.9. The zero-order chi connectivity index (χ0) is 19.3. The lowest BCUT2D eigenvalue weighted by Gasteiger charge is -2.23. The number of hydrogen-bond donors (Lipinski definition) is 2. The van der Waals surface area contributed by atoms with Gasteiger partial charge in [0.05, 0.1) is 24.4 Å². The van der Waals surface area contributed by atoms with E-state index in [1.54, 1.807) is 36.4 Å². The quantitative estimate of drug-likeness (QED) is 0.807. The highest BCUT2D eigenvalue weighted by Crippen LogP contribution is 2.28. The van der Waals surface area contributed by atoms with Crippen LogP contribution in [0.5, 0.6) is 5.75 Å². The SMILES string of the molecule is COc1ccc(C)cc1NC(=O)C(C)(C)C(=O)Nc1cccc(C#N)c1. The second kappa shape index (κ2) is 7.70. The molecule has 2 aromatic rings. The van der Waals surface area contributed by atoms with Crippen molar-refractivity contribution in [3.05, 3.63) is 53.6 Å². The Kier molecular flexibility index (Phi) is 5.63. The number of nitriles is 1. The predicted octanol–water partition coefficient (Wildman–Crippen LogP) is 3.48. The molecule has 26 heavy (non-hydrogen) atoms. The summed E-state index contributed by atoms with van der Waals surface area (Å²) in [4.78, 5) is 25.3. The van der Waals surface area contributed by atoms with Gasteiger partial charge < -0.3 is 15.4 Å². The minimum Gasteiger partial charge on any atom is -0.495 e. The number of nitrogens with one attached hydrogen (secondary N) is 2. The average molecular weight is 351 g/mol. The molecule has 0 saturated carbocycles.